The monoisotopic (exact) mass is 575 g/mol. The van der Waals surface area contributed by atoms with Crippen molar-refractivity contribution in [2.45, 2.75) is 20.1 Å². The fraction of sp³-hybridized carbons (Fsp3) is 0.154. The largest absolute Gasteiger partial charge is 0.493 e. The van der Waals surface area contributed by atoms with Crippen molar-refractivity contribution in [1.82, 2.24) is 4.90 Å². The summed E-state index contributed by atoms with van der Waals surface area (Å²) in [7, 11) is 1.53. The van der Waals surface area contributed by atoms with Gasteiger partial charge in [-0.05, 0) is 81.6 Å². The standard InChI is InChI=1S/C26H20BrClFNO4S/c1-15-3-5-16(6-4-15)14-34-24-20(27)9-17(10-22(24)33-2)11-23-25(31)30(26(32)35-23)13-18-7-8-19(29)12-21(18)28/h3-12H,13-14H2,1-2H3/b23-11-. The molecule has 2 amide bonds. The number of benzene rings is 3. The molecule has 3 aromatic carbocycles. The molecule has 1 aliphatic rings. The van der Waals surface area contributed by atoms with Crippen LogP contribution in [0.25, 0.3) is 6.08 Å². The molecule has 1 heterocycles. The third kappa shape index (κ3) is 5.89. The molecule has 3 aromatic rings. The zero-order valence-corrected chi connectivity index (χ0v) is 22.0. The van der Waals surface area contributed by atoms with Gasteiger partial charge in [-0.3, -0.25) is 14.5 Å². The zero-order valence-electron chi connectivity index (χ0n) is 18.8. The number of rotatable bonds is 7. The maximum absolute atomic E-state index is 13.3. The van der Waals surface area contributed by atoms with Crippen molar-refractivity contribution in [2.75, 3.05) is 7.11 Å². The number of imide groups is 1. The van der Waals surface area contributed by atoms with E-state index in [9.17, 15) is 14.0 Å². The van der Waals surface area contributed by atoms with Gasteiger partial charge in [0.05, 0.1) is 23.0 Å². The minimum atomic E-state index is -0.487. The molecule has 0 unspecified atom stereocenters. The van der Waals surface area contributed by atoms with E-state index in [0.29, 0.717) is 33.7 Å². The van der Waals surface area contributed by atoms with E-state index in [4.69, 9.17) is 21.1 Å². The molecule has 1 saturated heterocycles. The Morgan fingerprint density at radius 1 is 1.11 bits per heavy atom. The molecule has 0 aliphatic carbocycles. The van der Waals surface area contributed by atoms with Crippen LogP contribution in [-0.2, 0) is 17.9 Å². The minimum Gasteiger partial charge on any atom is -0.493 e. The number of ether oxygens (including phenoxy) is 2. The molecule has 35 heavy (non-hydrogen) atoms. The molecule has 9 heteroatoms. The van der Waals surface area contributed by atoms with E-state index in [2.05, 4.69) is 15.9 Å². The van der Waals surface area contributed by atoms with Crippen LogP contribution in [0.3, 0.4) is 0 Å². The van der Waals surface area contributed by atoms with E-state index in [1.807, 2.05) is 31.2 Å². The van der Waals surface area contributed by atoms with Crippen molar-refractivity contribution in [3.8, 4) is 11.5 Å². The van der Waals surface area contributed by atoms with Crippen LogP contribution in [0.1, 0.15) is 22.3 Å². The van der Waals surface area contributed by atoms with Gasteiger partial charge in [0.1, 0.15) is 12.4 Å². The summed E-state index contributed by atoms with van der Waals surface area (Å²) in [5, 5.41) is -0.270. The Bertz CT molecular complexity index is 1330. The molecule has 180 valence electrons. The maximum Gasteiger partial charge on any atom is 0.293 e. The van der Waals surface area contributed by atoms with Crippen molar-refractivity contribution in [2.24, 2.45) is 0 Å². The van der Waals surface area contributed by atoms with Gasteiger partial charge in [-0.15, -0.1) is 0 Å². The second-order valence-electron chi connectivity index (χ2n) is 7.81. The minimum absolute atomic E-state index is 0.0417. The van der Waals surface area contributed by atoms with Crippen LogP contribution in [0.5, 0.6) is 11.5 Å². The molecule has 5 nitrogen and oxygen atoms in total. The molecule has 0 atom stereocenters. The Morgan fingerprint density at radius 3 is 2.54 bits per heavy atom. The normalized spacial score (nSPS) is 14.7. The van der Waals surface area contributed by atoms with Crippen LogP contribution in [0, 0.1) is 12.7 Å². The van der Waals surface area contributed by atoms with Crippen LogP contribution in [0.4, 0.5) is 9.18 Å². The van der Waals surface area contributed by atoms with E-state index >= 15 is 0 Å². The van der Waals surface area contributed by atoms with Crippen molar-refractivity contribution in [3.05, 3.63) is 97.1 Å². The highest BCUT2D eigenvalue weighted by Gasteiger charge is 2.35. The van der Waals surface area contributed by atoms with Gasteiger partial charge in [0, 0.05) is 5.02 Å². The molecule has 0 N–H and O–H groups in total. The summed E-state index contributed by atoms with van der Waals surface area (Å²) < 4.78 is 25.5. The van der Waals surface area contributed by atoms with Gasteiger partial charge in [0.2, 0.25) is 0 Å². The summed E-state index contributed by atoms with van der Waals surface area (Å²) in [5.74, 6) is 0.0770. The summed E-state index contributed by atoms with van der Waals surface area (Å²) >= 11 is 10.4. The van der Waals surface area contributed by atoms with Crippen LogP contribution in [0.15, 0.2) is 64.0 Å². The van der Waals surface area contributed by atoms with Crippen LogP contribution < -0.4 is 9.47 Å². The van der Waals surface area contributed by atoms with E-state index in [-0.39, 0.29) is 16.5 Å². The lowest BCUT2D eigenvalue weighted by Crippen LogP contribution is -2.27. The quantitative estimate of drug-likeness (QED) is 0.275. The van der Waals surface area contributed by atoms with Crippen molar-refractivity contribution in [3.63, 3.8) is 0 Å². The molecule has 0 spiro atoms. The fourth-order valence-electron chi connectivity index (χ4n) is 3.41. The number of nitrogens with zero attached hydrogens (tertiary/aromatic N) is 1. The summed E-state index contributed by atoms with van der Waals surface area (Å²) in [4.78, 5) is 26.8. The number of aryl methyl sites for hydroxylation is 1. The first-order valence-corrected chi connectivity index (χ1v) is 12.5. The van der Waals surface area contributed by atoms with E-state index in [1.54, 1.807) is 18.2 Å². The number of carbonyl (C=O) groups excluding carboxylic acids is 2. The summed E-state index contributed by atoms with van der Waals surface area (Å²) in [5.41, 5.74) is 3.32. The highest BCUT2D eigenvalue weighted by Crippen LogP contribution is 2.40. The van der Waals surface area contributed by atoms with Crippen molar-refractivity contribution in [1.29, 1.82) is 0 Å². The van der Waals surface area contributed by atoms with Gasteiger partial charge in [-0.2, -0.15) is 0 Å². The van der Waals surface area contributed by atoms with Crippen molar-refractivity contribution >= 4 is 56.5 Å². The maximum atomic E-state index is 13.3. The van der Waals surface area contributed by atoms with Crippen LogP contribution >= 0.6 is 39.3 Å². The average Bonchev–Trinajstić information content (AvgIpc) is 3.08. The lowest BCUT2D eigenvalue weighted by atomic mass is 10.1. The number of hydrogen-bond acceptors (Lipinski definition) is 5. The summed E-state index contributed by atoms with van der Waals surface area (Å²) in [6, 6.07) is 15.4. The predicted octanol–water partition coefficient (Wildman–Crippen LogP) is 7.37. The predicted molar refractivity (Wildman–Crippen MR) is 139 cm³/mol. The van der Waals surface area contributed by atoms with Gasteiger partial charge in [0.15, 0.2) is 11.5 Å². The molecule has 0 bridgehead atoms. The molecule has 4 rings (SSSR count). The summed E-state index contributed by atoms with van der Waals surface area (Å²) in [6.45, 7) is 2.34. The Morgan fingerprint density at radius 2 is 1.86 bits per heavy atom. The Labute approximate surface area is 220 Å². The lowest BCUT2D eigenvalue weighted by molar-refractivity contribution is -0.123. The van der Waals surface area contributed by atoms with E-state index in [0.717, 1.165) is 28.3 Å². The fourth-order valence-corrected chi connectivity index (χ4v) is 5.05. The average molecular weight is 577 g/mol. The first kappa shape index (κ1) is 25.3. The first-order chi connectivity index (χ1) is 16.7. The third-order valence-corrected chi connectivity index (χ3v) is 7.12. The molecular weight excluding hydrogens is 557 g/mol. The van der Waals surface area contributed by atoms with E-state index in [1.165, 1.54) is 24.8 Å². The van der Waals surface area contributed by atoms with Gasteiger partial charge < -0.3 is 9.47 Å². The van der Waals surface area contributed by atoms with Gasteiger partial charge >= 0.3 is 0 Å². The molecule has 1 fully saturated rings. The lowest BCUT2D eigenvalue weighted by Gasteiger charge is -2.14. The van der Waals surface area contributed by atoms with E-state index < -0.39 is 17.0 Å². The molecule has 0 saturated carbocycles. The number of thioether (sulfide) groups is 1. The summed E-state index contributed by atoms with van der Waals surface area (Å²) in [6.07, 6.45) is 1.62. The number of methoxy groups -OCH3 is 1. The Kier molecular flexibility index (Phi) is 7.84. The number of halogens is 3. The topological polar surface area (TPSA) is 55.8 Å². The Hall–Kier alpha value is -2.81. The second kappa shape index (κ2) is 10.8. The SMILES string of the molecule is COc1cc(/C=C2\SC(=O)N(Cc3ccc(F)cc3Cl)C2=O)cc(Br)c1OCc1ccc(C)cc1. The Balaban J connectivity index is 1.53. The van der Waals surface area contributed by atoms with Crippen molar-refractivity contribution < 1.29 is 23.5 Å². The highest BCUT2D eigenvalue weighted by atomic mass is 79.9. The molecule has 0 aromatic heterocycles. The smallest absolute Gasteiger partial charge is 0.293 e. The number of carbonyl (C=O) groups is 2. The molecular formula is C26H20BrClFNO4S. The third-order valence-electron chi connectivity index (χ3n) is 5.27. The molecule has 1 aliphatic heterocycles. The molecule has 0 radical (unpaired) electrons. The van der Waals surface area contributed by atoms with Crippen LogP contribution in [-0.4, -0.2) is 23.2 Å². The second-order valence-corrected chi connectivity index (χ2v) is 10.1. The number of amides is 2. The highest BCUT2D eigenvalue weighted by molar-refractivity contribution is 9.10. The first-order valence-electron chi connectivity index (χ1n) is 10.5. The number of hydrogen-bond donors (Lipinski definition) is 0. The van der Waals surface area contributed by atoms with Gasteiger partial charge in [-0.25, -0.2) is 4.39 Å². The van der Waals surface area contributed by atoms with Gasteiger partial charge in [0.25, 0.3) is 11.1 Å². The van der Waals surface area contributed by atoms with Gasteiger partial charge in [-0.1, -0.05) is 47.5 Å². The zero-order chi connectivity index (χ0) is 25.1. The van der Waals surface area contributed by atoms with Crippen LogP contribution in [0.2, 0.25) is 5.02 Å².